The number of carbonyl (C=O) groups is 1. The van der Waals surface area contributed by atoms with E-state index in [1.807, 2.05) is 0 Å². The van der Waals surface area contributed by atoms with Crippen LogP contribution < -0.4 is 0 Å². The quantitative estimate of drug-likeness (QED) is 0.595. The third-order valence-corrected chi connectivity index (χ3v) is 4.60. The summed E-state index contributed by atoms with van der Waals surface area (Å²) >= 11 is 0. The molecule has 0 N–H and O–H groups in total. The number of hydrogen-bond acceptors (Lipinski definition) is 1. The predicted molar refractivity (Wildman–Crippen MR) is 85.0 cm³/mol. The lowest BCUT2D eigenvalue weighted by atomic mass is 9.90. The highest BCUT2D eigenvalue weighted by molar-refractivity contribution is 5.94. The molecule has 3 rings (SSSR count). The fourth-order valence-electron chi connectivity index (χ4n) is 3.16. The van der Waals surface area contributed by atoms with E-state index in [1.165, 1.54) is 17.0 Å². The first-order valence-corrected chi connectivity index (χ1v) is 8.13. The Labute approximate surface area is 143 Å². The van der Waals surface area contributed by atoms with Crippen LogP contribution in [0.5, 0.6) is 0 Å². The van der Waals surface area contributed by atoms with Gasteiger partial charge in [0.25, 0.3) is 5.91 Å². The van der Waals surface area contributed by atoms with Crippen molar-refractivity contribution in [3.05, 3.63) is 70.8 Å². The van der Waals surface area contributed by atoms with Crippen molar-refractivity contribution in [3.63, 3.8) is 0 Å². The number of carbonyl (C=O) groups excluding carboxylic acids is 1. The van der Waals surface area contributed by atoms with Gasteiger partial charge in [-0.05, 0) is 55.0 Å². The normalized spacial score (nSPS) is 15.4. The van der Waals surface area contributed by atoms with Gasteiger partial charge in [-0.2, -0.15) is 0 Å². The van der Waals surface area contributed by atoms with Gasteiger partial charge in [0.15, 0.2) is 17.5 Å². The highest BCUT2D eigenvalue weighted by Gasteiger charge is 2.27. The molecule has 1 amide bonds. The first-order chi connectivity index (χ1) is 12.0. The maximum Gasteiger partial charge on any atom is 0.256 e. The molecule has 25 heavy (non-hydrogen) atoms. The molecule has 6 heteroatoms. The summed E-state index contributed by atoms with van der Waals surface area (Å²) in [5.74, 6) is -4.96. The Kier molecular flexibility index (Phi) is 5.06. The molecule has 1 fully saturated rings. The van der Waals surface area contributed by atoms with E-state index in [0.29, 0.717) is 31.8 Å². The zero-order valence-corrected chi connectivity index (χ0v) is 13.4. The molecule has 0 atom stereocenters. The molecule has 2 aromatic rings. The standard InChI is InChI=1S/C19H17F4NO/c20-14-3-1-12(2-4-14)11-13-7-9-24(10-8-13)19(25)15-5-6-16(21)18(23)17(15)22/h1-6,13H,7-11H2. The van der Waals surface area contributed by atoms with Gasteiger partial charge < -0.3 is 4.90 Å². The Morgan fingerprint density at radius 2 is 1.56 bits per heavy atom. The summed E-state index contributed by atoms with van der Waals surface area (Å²) in [6, 6.07) is 8.04. The molecule has 0 radical (unpaired) electrons. The van der Waals surface area contributed by atoms with Crippen LogP contribution >= 0.6 is 0 Å². The van der Waals surface area contributed by atoms with Crippen LogP contribution in [0.4, 0.5) is 17.6 Å². The van der Waals surface area contributed by atoms with E-state index in [0.717, 1.165) is 24.1 Å². The van der Waals surface area contributed by atoms with Gasteiger partial charge in [0.2, 0.25) is 0 Å². The fraction of sp³-hybridized carbons (Fsp3) is 0.316. The number of hydrogen-bond donors (Lipinski definition) is 0. The molecular formula is C19H17F4NO. The second-order valence-electron chi connectivity index (χ2n) is 6.29. The molecular weight excluding hydrogens is 334 g/mol. The second kappa shape index (κ2) is 7.25. The molecule has 2 aromatic carbocycles. The minimum absolute atomic E-state index is 0.280. The van der Waals surface area contributed by atoms with Crippen LogP contribution in [0, 0.1) is 29.2 Å². The molecule has 1 heterocycles. The molecule has 0 bridgehead atoms. The van der Waals surface area contributed by atoms with Crippen molar-refractivity contribution in [2.45, 2.75) is 19.3 Å². The number of amides is 1. The Bertz CT molecular complexity index is 768. The van der Waals surface area contributed by atoms with Crippen molar-refractivity contribution in [2.24, 2.45) is 5.92 Å². The van der Waals surface area contributed by atoms with Crippen LogP contribution in [-0.4, -0.2) is 23.9 Å². The lowest BCUT2D eigenvalue weighted by Gasteiger charge is -2.32. The zero-order chi connectivity index (χ0) is 18.0. The third-order valence-electron chi connectivity index (χ3n) is 4.60. The minimum atomic E-state index is -1.63. The Morgan fingerprint density at radius 3 is 2.20 bits per heavy atom. The van der Waals surface area contributed by atoms with Crippen molar-refractivity contribution in [2.75, 3.05) is 13.1 Å². The number of nitrogens with zero attached hydrogens (tertiary/aromatic N) is 1. The highest BCUT2D eigenvalue weighted by atomic mass is 19.2. The van der Waals surface area contributed by atoms with Gasteiger partial charge in [0.05, 0.1) is 5.56 Å². The largest absolute Gasteiger partial charge is 0.339 e. The lowest BCUT2D eigenvalue weighted by molar-refractivity contribution is 0.0684. The van der Waals surface area contributed by atoms with E-state index in [4.69, 9.17) is 0 Å². The Balaban J connectivity index is 1.61. The summed E-state index contributed by atoms with van der Waals surface area (Å²) in [7, 11) is 0. The van der Waals surface area contributed by atoms with Crippen LogP contribution in [0.15, 0.2) is 36.4 Å². The minimum Gasteiger partial charge on any atom is -0.339 e. The van der Waals surface area contributed by atoms with Crippen molar-refractivity contribution < 1.29 is 22.4 Å². The summed E-state index contributed by atoms with van der Waals surface area (Å²) in [4.78, 5) is 13.8. The van der Waals surface area contributed by atoms with Crippen molar-refractivity contribution in [3.8, 4) is 0 Å². The van der Waals surface area contributed by atoms with Crippen LogP contribution in [-0.2, 0) is 6.42 Å². The van der Waals surface area contributed by atoms with Crippen LogP contribution in [0.2, 0.25) is 0 Å². The second-order valence-corrected chi connectivity index (χ2v) is 6.29. The van der Waals surface area contributed by atoms with E-state index < -0.39 is 28.9 Å². The van der Waals surface area contributed by atoms with Crippen LogP contribution in [0.1, 0.15) is 28.8 Å². The molecule has 132 valence electrons. The highest BCUT2D eigenvalue weighted by Crippen LogP contribution is 2.24. The first-order valence-electron chi connectivity index (χ1n) is 8.13. The zero-order valence-electron chi connectivity index (χ0n) is 13.4. The summed E-state index contributed by atoms with van der Waals surface area (Å²) in [6.07, 6.45) is 2.21. The topological polar surface area (TPSA) is 20.3 Å². The lowest BCUT2D eigenvalue weighted by Crippen LogP contribution is -2.39. The van der Waals surface area contributed by atoms with E-state index in [-0.39, 0.29) is 5.82 Å². The van der Waals surface area contributed by atoms with Crippen molar-refractivity contribution in [1.29, 1.82) is 0 Å². The van der Waals surface area contributed by atoms with Crippen LogP contribution in [0.3, 0.4) is 0 Å². The smallest absolute Gasteiger partial charge is 0.256 e. The van der Waals surface area contributed by atoms with Gasteiger partial charge in [0, 0.05) is 13.1 Å². The van der Waals surface area contributed by atoms with E-state index >= 15 is 0 Å². The average molecular weight is 351 g/mol. The van der Waals surface area contributed by atoms with E-state index in [1.54, 1.807) is 12.1 Å². The van der Waals surface area contributed by atoms with Gasteiger partial charge in [-0.15, -0.1) is 0 Å². The van der Waals surface area contributed by atoms with Crippen molar-refractivity contribution in [1.82, 2.24) is 4.90 Å². The molecule has 2 nitrogen and oxygen atoms in total. The maximum atomic E-state index is 13.8. The average Bonchev–Trinajstić information content (AvgIpc) is 2.62. The Morgan fingerprint density at radius 1 is 0.920 bits per heavy atom. The summed E-state index contributed by atoms with van der Waals surface area (Å²) in [5, 5.41) is 0. The molecule has 0 spiro atoms. The molecule has 1 aliphatic rings. The van der Waals surface area contributed by atoms with Gasteiger partial charge in [-0.3, -0.25) is 4.79 Å². The number of likely N-dealkylation sites (tertiary alicyclic amines) is 1. The SMILES string of the molecule is O=C(c1ccc(F)c(F)c1F)N1CCC(Cc2ccc(F)cc2)CC1. The van der Waals surface area contributed by atoms with Gasteiger partial charge in [-0.25, -0.2) is 17.6 Å². The summed E-state index contributed by atoms with van der Waals surface area (Å²) in [5.41, 5.74) is 0.578. The van der Waals surface area contributed by atoms with E-state index in [2.05, 4.69) is 0 Å². The molecule has 0 aliphatic carbocycles. The number of halogens is 4. The summed E-state index contributed by atoms with van der Waals surface area (Å²) < 4.78 is 53.0. The monoisotopic (exact) mass is 351 g/mol. The van der Waals surface area contributed by atoms with Crippen LogP contribution in [0.25, 0.3) is 0 Å². The molecule has 0 unspecified atom stereocenters. The molecule has 0 aromatic heterocycles. The maximum absolute atomic E-state index is 13.8. The van der Waals surface area contributed by atoms with E-state index in [9.17, 15) is 22.4 Å². The fourth-order valence-corrected chi connectivity index (χ4v) is 3.16. The number of piperidine rings is 1. The Hall–Kier alpha value is -2.37. The molecule has 1 saturated heterocycles. The van der Waals surface area contributed by atoms with Gasteiger partial charge >= 0.3 is 0 Å². The third kappa shape index (κ3) is 3.83. The molecule has 1 aliphatic heterocycles. The number of rotatable bonds is 3. The predicted octanol–water partition coefficient (Wildman–Crippen LogP) is 4.34. The number of benzene rings is 2. The van der Waals surface area contributed by atoms with Gasteiger partial charge in [-0.1, -0.05) is 12.1 Å². The van der Waals surface area contributed by atoms with Gasteiger partial charge in [0.1, 0.15) is 5.82 Å². The summed E-state index contributed by atoms with van der Waals surface area (Å²) in [6.45, 7) is 0.840. The first kappa shape index (κ1) is 17.5. The molecule has 0 saturated carbocycles. The van der Waals surface area contributed by atoms with Crippen molar-refractivity contribution >= 4 is 5.91 Å².